The molecule has 0 radical (unpaired) electrons. The number of rotatable bonds is 13. The predicted octanol–water partition coefficient (Wildman–Crippen LogP) is 5.47. The molecule has 0 aromatic heterocycles. The van der Waals surface area contributed by atoms with Gasteiger partial charge in [0.15, 0.2) is 0 Å². The first-order valence-electron chi connectivity index (χ1n) is 19.4. The Morgan fingerprint density at radius 3 is 2.20 bits per heavy atom. The molecule has 3 fully saturated rings. The summed E-state index contributed by atoms with van der Waals surface area (Å²) in [5.74, 6) is -0.850. The minimum absolute atomic E-state index is 0.0979. The fourth-order valence-electron chi connectivity index (χ4n) is 6.58. The van der Waals surface area contributed by atoms with Crippen LogP contribution in [0.3, 0.4) is 0 Å². The summed E-state index contributed by atoms with van der Waals surface area (Å²) in [6.07, 6.45) is 6.83. The van der Waals surface area contributed by atoms with Crippen molar-refractivity contribution in [3.63, 3.8) is 0 Å². The summed E-state index contributed by atoms with van der Waals surface area (Å²) in [7, 11) is -3.29. The fourth-order valence-corrected chi connectivity index (χ4v) is 7.90. The molecule has 2 saturated carbocycles. The van der Waals surface area contributed by atoms with E-state index in [4.69, 9.17) is 4.74 Å². The minimum atomic E-state index is -3.29. The van der Waals surface area contributed by atoms with E-state index in [0.29, 0.717) is 38.9 Å². The second kappa shape index (κ2) is 19.1. The van der Waals surface area contributed by atoms with E-state index in [1.165, 1.54) is 17.4 Å². The number of benzene rings is 1. The summed E-state index contributed by atoms with van der Waals surface area (Å²) >= 11 is 0. The van der Waals surface area contributed by atoms with Crippen LogP contribution in [-0.2, 0) is 48.7 Å². The van der Waals surface area contributed by atoms with Crippen LogP contribution in [0, 0.1) is 10.8 Å². The molecule has 2 heterocycles. The molecule has 15 heteroatoms. The number of nitrogens with zero attached hydrogens (tertiary/aromatic N) is 2. The molecule has 54 heavy (non-hydrogen) atoms. The Morgan fingerprint density at radius 1 is 0.963 bits per heavy atom. The van der Waals surface area contributed by atoms with E-state index in [1.54, 1.807) is 4.90 Å². The van der Waals surface area contributed by atoms with Crippen molar-refractivity contribution in [2.24, 2.45) is 10.8 Å². The number of carbonyl (C=O) groups excluding carboxylic acids is 4. The standard InChI is InChI=1S/C32H48N4O6.C5H9NO3S.C2H6/c1-31(2,3)26(28(38)36-17-9-13-25(36)27(37)33-23-14-15-23)34-29(39)42-20-32(4,5)16-7-6-10-21-11-8-12-22-18-35(30(40)41)19-24(21)22;1-4(7)6-10(8,9)5-2-3-5;1-2/h8,11-12,23,25-26H,6-7,9-10,13-20H2,1-5H3,(H,33,37)(H,34,39)(H,40,41);5H,2-3H2,1H3,(H,6,7);1-2H3. The summed E-state index contributed by atoms with van der Waals surface area (Å²) < 4.78 is 29.3. The summed E-state index contributed by atoms with van der Waals surface area (Å²) in [6, 6.07) is 5.01. The van der Waals surface area contributed by atoms with Crippen molar-refractivity contribution in [3.05, 3.63) is 34.9 Å². The van der Waals surface area contributed by atoms with E-state index in [2.05, 4.69) is 30.5 Å². The van der Waals surface area contributed by atoms with Gasteiger partial charge in [0.05, 0.1) is 11.9 Å². The number of alkyl carbamates (subject to hydrolysis) is 1. The highest BCUT2D eigenvalue weighted by Gasteiger charge is 2.43. The smallest absolute Gasteiger partial charge is 0.407 e. The van der Waals surface area contributed by atoms with Crippen LogP contribution in [0.2, 0.25) is 0 Å². The van der Waals surface area contributed by atoms with Crippen molar-refractivity contribution in [1.29, 1.82) is 0 Å². The van der Waals surface area contributed by atoms with Gasteiger partial charge in [-0.2, -0.15) is 0 Å². The Bertz CT molecular complexity index is 1600. The maximum Gasteiger partial charge on any atom is 0.407 e. The third-order valence-electron chi connectivity index (χ3n) is 9.88. The molecule has 0 bridgehead atoms. The minimum Gasteiger partial charge on any atom is -0.465 e. The lowest BCUT2D eigenvalue weighted by Gasteiger charge is -2.35. The van der Waals surface area contributed by atoms with E-state index in [-0.39, 0.29) is 35.1 Å². The highest BCUT2D eigenvalue weighted by atomic mass is 32.2. The van der Waals surface area contributed by atoms with Gasteiger partial charge in [-0.25, -0.2) is 18.0 Å². The van der Waals surface area contributed by atoms with Crippen LogP contribution in [0.4, 0.5) is 9.59 Å². The fraction of sp³-hybridized carbons (Fsp3) is 0.718. The van der Waals surface area contributed by atoms with Crippen LogP contribution in [0.25, 0.3) is 0 Å². The average Bonchev–Trinajstić information content (AvgIpc) is 4.01. The largest absolute Gasteiger partial charge is 0.465 e. The Kier molecular flexibility index (Phi) is 15.8. The number of amides is 5. The SMILES string of the molecule is CC.CC(=O)NS(=O)(=O)C1CC1.CC(C)(CCCCc1cccc2c1CN(C(=O)O)C2)COC(=O)NC(C(=O)N1CCCC1C(=O)NC1CC1)C(C)(C)C. The van der Waals surface area contributed by atoms with Gasteiger partial charge in [0.25, 0.3) is 0 Å². The Balaban J connectivity index is 0.000000560. The molecule has 2 aliphatic carbocycles. The number of fused-ring (bicyclic) bond motifs is 1. The maximum absolute atomic E-state index is 13.6. The van der Waals surface area contributed by atoms with Gasteiger partial charge in [-0.3, -0.25) is 24.0 Å². The molecule has 14 nitrogen and oxygen atoms in total. The van der Waals surface area contributed by atoms with E-state index < -0.39 is 45.6 Å². The number of carbonyl (C=O) groups is 5. The number of carboxylic acid groups (broad SMARTS) is 1. The molecule has 2 atom stereocenters. The van der Waals surface area contributed by atoms with E-state index in [1.807, 2.05) is 51.5 Å². The van der Waals surface area contributed by atoms with Gasteiger partial charge in [-0.05, 0) is 85.3 Å². The lowest BCUT2D eigenvalue weighted by Crippen LogP contribution is -2.58. The van der Waals surface area contributed by atoms with Gasteiger partial charge in [0.2, 0.25) is 27.7 Å². The lowest BCUT2D eigenvalue weighted by atomic mass is 9.85. The van der Waals surface area contributed by atoms with Crippen molar-refractivity contribution in [1.82, 2.24) is 25.2 Å². The summed E-state index contributed by atoms with van der Waals surface area (Å²) in [6.45, 7) is 16.6. The molecule has 4 aliphatic rings. The zero-order valence-corrected chi connectivity index (χ0v) is 34.3. The van der Waals surface area contributed by atoms with Crippen molar-refractivity contribution in [2.75, 3.05) is 13.2 Å². The number of nitrogens with one attached hydrogen (secondary N) is 3. The van der Waals surface area contributed by atoms with Crippen molar-refractivity contribution >= 4 is 39.9 Å². The number of ether oxygens (including phenoxy) is 1. The molecule has 1 saturated heterocycles. The topological polar surface area (TPSA) is 192 Å². The second-order valence-corrected chi connectivity index (χ2v) is 18.4. The third-order valence-corrected chi connectivity index (χ3v) is 11.8. The first kappa shape index (κ1) is 44.5. The van der Waals surface area contributed by atoms with Crippen molar-refractivity contribution in [3.8, 4) is 0 Å². The zero-order chi connectivity index (χ0) is 40.4. The van der Waals surface area contributed by atoms with Gasteiger partial charge >= 0.3 is 12.2 Å². The highest BCUT2D eigenvalue weighted by molar-refractivity contribution is 7.90. The average molecular weight is 778 g/mol. The normalized spacial score (nSPS) is 18.6. The summed E-state index contributed by atoms with van der Waals surface area (Å²) in [5.41, 5.74) is 2.60. The van der Waals surface area contributed by atoms with E-state index in [0.717, 1.165) is 56.1 Å². The molecular weight excluding hydrogens is 715 g/mol. The number of sulfonamides is 1. The molecule has 2 aliphatic heterocycles. The van der Waals surface area contributed by atoms with Crippen LogP contribution in [-0.4, -0.2) is 89.8 Å². The highest BCUT2D eigenvalue weighted by Crippen LogP contribution is 2.30. The first-order valence-corrected chi connectivity index (χ1v) is 21.0. The van der Waals surface area contributed by atoms with Crippen molar-refractivity contribution in [2.45, 2.75) is 156 Å². The molecule has 5 rings (SSSR count). The van der Waals surface area contributed by atoms with Gasteiger partial charge in [-0.15, -0.1) is 0 Å². The summed E-state index contributed by atoms with van der Waals surface area (Å²) in [4.78, 5) is 64.0. The van der Waals surface area contributed by atoms with Crippen LogP contribution in [0.1, 0.15) is 130 Å². The molecular formula is C39H63N5O9S. The molecule has 0 spiro atoms. The Morgan fingerprint density at radius 2 is 1.63 bits per heavy atom. The third kappa shape index (κ3) is 13.5. The van der Waals surface area contributed by atoms with Gasteiger partial charge < -0.3 is 25.4 Å². The van der Waals surface area contributed by atoms with E-state index in [9.17, 15) is 37.5 Å². The predicted molar refractivity (Wildman–Crippen MR) is 206 cm³/mol. The van der Waals surface area contributed by atoms with Crippen LogP contribution >= 0.6 is 0 Å². The number of hydrogen-bond acceptors (Lipinski definition) is 8. The van der Waals surface area contributed by atoms with Crippen molar-refractivity contribution < 1.29 is 42.2 Å². The van der Waals surface area contributed by atoms with Crippen LogP contribution < -0.4 is 15.4 Å². The van der Waals surface area contributed by atoms with Gasteiger partial charge in [-0.1, -0.05) is 73.1 Å². The van der Waals surface area contributed by atoms with E-state index >= 15 is 0 Å². The monoisotopic (exact) mass is 777 g/mol. The Hall–Kier alpha value is -3.88. The van der Waals surface area contributed by atoms with Gasteiger partial charge in [0.1, 0.15) is 12.1 Å². The number of unbranched alkanes of at least 4 members (excludes halogenated alkanes) is 1. The zero-order valence-electron chi connectivity index (χ0n) is 33.5. The van der Waals surface area contributed by atoms with Crippen LogP contribution in [0.5, 0.6) is 0 Å². The molecule has 1 aromatic rings. The molecule has 1 aromatic carbocycles. The number of hydrogen-bond donors (Lipinski definition) is 4. The van der Waals surface area contributed by atoms with Crippen LogP contribution in [0.15, 0.2) is 18.2 Å². The first-order chi connectivity index (χ1) is 25.3. The molecule has 304 valence electrons. The lowest BCUT2D eigenvalue weighted by molar-refractivity contribution is -0.142. The molecule has 5 amide bonds. The summed E-state index contributed by atoms with van der Waals surface area (Å²) in [5, 5.41) is 14.9. The number of aryl methyl sites for hydroxylation is 1. The molecule has 2 unspecified atom stereocenters. The number of likely N-dealkylation sites (tertiary alicyclic amines) is 1. The second-order valence-electron chi connectivity index (χ2n) is 16.5. The quantitative estimate of drug-likeness (QED) is 0.188. The Labute approximate surface area is 321 Å². The molecule has 4 N–H and O–H groups in total. The maximum atomic E-state index is 13.6. The van der Waals surface area contributed by atoms with Gasteiger partial charge in [0, 0.05) is 32.6 Å².